The predicted molar refractivity (Wildman–Crippen MR) is 45.1 cm³/mol. The Morgan fingerprint density at radius 1 is 1.50 bits per heavy atom. The van der Waals surface area contributed by atoms with Gasteiger partial charge in [0.1, 0.15) is 4.90 Å². The lowest BCUT2D eigenvalue weighted by Gasteiger charge is -2.01. The third-order valence-electron chi connectivity index (χ3n) is 1.21. The third-order valence-corrected chi connectivity index (χ3v) is 2.10. The van der Waals surface area contributed by atoms with Crippen LogP contribution in [-0.4, -0.2) is 13.0 Å². The molecule has 0 fully saturated rings. The summed E-state index contributed by atoms with van der Waals surface area (Å²) >= 11 is 0. The number of nitrogen functional groups attached to an aromatic ring is 2. The summed E-state index contributed by atoms with van der Waals surface area (Å²) in [6.07, 6.45) is 0. The molecular weight excluding hydrogens is 180 g/mol. The van der Waals surface area contributed by atoms with E-state index in [1.807, 2.05) is 0 Å². The Labute approximate surface area is 77.1 Å². The van der Waals surface area contributed by atoms with Crippen LogP contribution in [0.3, 0.4) is 0 Å². The van der Waals surface area contributed by atoms with Crippen LogP contribution in [0, 0.1) is 0 Å². The lowest BCUT2D eigenvalue weighted by Crippen LogP contribution is -2.03. The van der Waals surface area contributed by atoms with Crippen LogP contribution in [-0.2, 0) is 10.1 Å². The van der Waals surface area contributed by atoms with Crippen molar-refractivity contribution in [3.05, 3.63) is 18.2 Å². The normalized spacial score (nSPS) is 16.5. The van der Waals surface area contributed by atoms with Gasteiger partial charge < -0.3 is 11.4 Å². The quantitative estimate of drug-likeness (QED) is 0.464. The molecule has 66 valence electrons. The van der Waals surface area contributed by atoms with Crippen LogP contribution in [0.4, 0.5) is 11.4 Å². The van der Waals surface area contributed by atoms with Crippen molar-refractivity contribution >= 4 is 21.5 Å². The fourth-order valence-electron chi connectivity index (χ4n) is 0.717. The van der Waals surface area contributed by atoms with Crippen LogP contribution in [0.5, 0.6) is 0 Å². The molecule has 12 heavy (non-hydrogen) atoms. The van der Waals surface area contributed by atoms with Gasteiger partial charge in [-0.05, 0) is 18.2 Å². The summed E-state index contributed by atoms with van der Waals surface area (Å²) in [6.45, 7) is 0. The van der Waals surface area contributed by atoms with Gasteiger partial charge in [0, 0.05) is 5.69 Å². The van der Waals surface area contributed by atoms with E-state index in [9.17, 15) is 8.42 Å². The first-order chi connectivity index (χ1) is 7.79. The summed E-state index contributed by atoms with van der Waals surface area (Å²) < 4.78 is 60.5. The highest BCUT2D eigenvalue weighted by Gasteiger charge is 2.12. The van der Waals surface area contributed by atoms with Gasteiger partial charge >= 0.3 is 0 Å². The standard InChI is InChI=1S/C6H8N2O3S/c7-4-1-2-6(5(8)3-4)12(9,10)11/h1-3H,7-8H2,(H,9,10,11)/i/hD5. The number of rotatable bonds is 4. The molecule has 0 aromatic heterocycles. The topological polar surface area (TPSA) is 106 Å². The predicted octanol–water partition coefficient (Wildman–Crippen LogP) is 0.0977. The summed E-state index contributed by atoms with van der Waals surface area (Å²) in [6, 6.07) is 3.06. The highest BCUT2D eigenvalue weighted by Crippen LogP contribution is 2.19. The van der Waals surface area contributed by atoms with Crippen molar-refractivity contribution in [1.29, 1.82) is 1.43 Å². The van der Waals surface area contributed by atoms with Crippen LogP contribution in [0.15, 0.2) is 23.1 Å². The Kier molecular flexibility index (Phi) is 0.906. The Bertz CT molecular complexity index is 506. The molecule has 0 amide bonds. The zero-order valence-electron chi connectivity index (χ0n) is 10.8. The van der Waals surface area contributed by atoms with E-state index in [0.717, 1.165) is 18.2 Å². The van der Waals surface area contributed by atoms with E-state index < -0.39 is 20.7 Å². The summed E-state index contributed by atoms with van der Waals surface area (Å²) in [4.78, 5) is -0.553. The first-order valence-corrected chi connectivity index (χ1v) is 4.30. The molecule has 1 aromatic carbocycles. The summed E-state index contributed by atoms with van der Waals surface area (Å²) in [5.41, 5.74) is -0.253. The maximum absolute atomic E-state index is 11.3. The molecule has 5 nitrogen and oxygen atoms in total. The molecule has 0 aliphatic heterocycles. The molecule has 0 saturated carbocycles. The van der Waals surface area contributed by atoms with Gasteiger partial charge in [0.2, 0.25) is 1.43 Å². The van der Waals surface area contributed by atoms with Crippen molar-refractivity contribution in [2.24, 2.45) is 0 Å². The minimum absolute atomic E-state index is 0.00109. The summed E-state index contributed by atoms with van der Waals surface area (Å²) in [5.74, 6) is 0. The molecule has 0 saturated heterocycles. The van der Waals surface area contributed by atoms with E-state index in [4.69, 9.17) is 7.08 Å². The monoisotopic (exact) mass is 193 g/mol. The smallest absolute Gasteiger partial charge is 0.296 e. The fraction of sp³-hybridized carbons (Fsp3) is 0. The van der Waals surface area contributed by atoms with Crippen molar-refractivity contribution in [3.8, 4) is 0 Å². The molecule has 0 radical (unpaired) electrons. The second kappa shape index (κ2) is 2.65. The molecule has 5 N–H and O–H groups in total. The van der Waals surface area contributed by atoms with Crippen molar-refractivity contribution in [3.63, 3.8) is 0 Å². The van der Waals surface area contributed by atoms with E-state index in [-0.39, 0.29) is 17.1 Å². The minimum Gasteiger partial charge on any atom is -0.399 e. The summed E-state index contributed by atoms with van der Waals surface area (Å²) in [5, 5.41) is 0. The average Bonchev–Trinajstić information content (AvgIpc) is 2.28. The number of benzene rings is 1. The second-order valence-corrected chi connectivity index (χ2v) is 3.45. The molecule has 0 heterocycles. The van der Waals surface area contributed by atoms with Crippen molar-refractivity contribution in [1.82, 2.24) is 0 Å². The number of anilines is 2. The van der Waals surface area contributed by atoms with Crippen molar-refractivity contribution < 1.29 is 18.6 Å². The zero-order chi connectivity index (χ0) is 13.2. The molecule has 6 heteroatoms. The van der Waals surface area contributed by atoms with Gasteiger partial charge in [0.25, 0.3) is 10.1 Å². The zero-order valence-corrected chi connectivity index (χ0v) is 6.58. The van der Waals surface area contributed by atoms with E-state index in [2.05, 4.69) is 4.56 Å². The van der Waals surface area contributed by atoms with E-state index in [1.165, 1.54) is 0 Å². The first kappa shape index (κ1) is 4.11. The van der Waals surface area contributed by atoms with Gasteiger partial charge in [-0.1, -0.05) is 0 Å². The molecule has 0 aliphatic rings. The molecule has 0 unspecified atom stereocenters. The lowest BCUT2D eigenvalue weighted by atomic mass is 10.3. The molecule has 0 bridgehead atoms. The van der Waals surface area contributed by atoms with Crippen LogP contribution < -0.4 is 11.4 Å². The van der Waals surface area contributed by atoms with Crippen molar-refractivity contribution in [2.45, 2.75) is 4.90 Å². The second-order valence-electron chi connectivity index (χ2n) is 2.11. The van der Waals surface area contributed by atoms with Gasteiger partial charge in [-0.3, -0.25) is 4.56 Å². The fourth-order valence-corrected chi connectivity index (χ4v) is 1.27. The third kappa shape index (κ3) is 1.66. The van der Waals surface area contributed by atoms with Crippen LogP contribution in [0.2, 0.25) is 5.65 Å². The molecule has 0 spiro atoms. The Morgan fingerprint density at radius 3 is 2.92 bits per heavy atom. The number of nitrogens with two attached hydrogens (primary N) is 2. The Hall–Kier alpha value is -1.27. The molecule has 0 aliphatic carbocycles. The summed E-state index contributed by atoms with van der Waals surface area (Å²) in [7, 11) is -4.37. The van der Waals surface area contributed by atoms with Crippen LogP contribution in [0.1, 0.15) is 0 Å². The molecule has 1 aromatic rings. The largest absolute Gasteiger partial charge is 0.399 e. The van der Waals surface area contributed by atoms with E-state index >= 15 is 0 Å². The maximum Gasteiger partial charge on any atom is 0.296 e. The Morgan fingerprint density at radius 2 is 2.33 bits per heavy atom. The average molecular weight is 193 g/mol. The highest BCUT2D eigenvalue weighted by atomic mass is 32.2. The van der Waals surface area contributed by atoms with Gasteiger partial charge in [0.05, 0.1) is 5.69 Å². The maximum atomic E-state index is 11.3. The van der Waals surface area contributed by atoms with Crippen LogP contribution in [0.25, 0.3) is 1.43 Å². The number of hydrogen-bond donors (Lipinski definition) is 3. The van der Waals surface area contributed by atoms with Crippen LogP contribution >= 0.6 is 0 Å². The molecular formula is C6H8N2O3S. The van der Waals surface area contributed by atoms with E-state index in [0.29, 0.717) is 0 Å². The Balaban J connectivity index is 3.43. The van der Waals surface area contributed by atoms with Gasteiger partial charge in [-0.25, -0.2) is 0 Å². The van der Waals surface area contributed by atoms with Crippen molar-refractivity contribution in [2.75, 3.05) is 11.4 Å². The van der Waals surface area contributed by atoms with Gasteiger partial charge in [0.15, 0.2) is 5.65 Å². The lowest BCUT2D eigenvalue weighted by molar-refractivity contribution is 0.483. The first-order valence-electron chi connectivity index (χ1n) is 5.09. The minimum atomic E-state index is -4.37. The molecule has 0 atom stereocenters. The number of hydrogen-bond acceptors (Lipinski definition) is 5. The SMILES string of the molecule is [2H]OS(=O)(=O)c1ccc(N([2H])[2H])cc1N([2H])[2H]. The van der Waals surface area contributed by atoms with E-state index in [1.54, 1.807) is 0 Å². The van der Waals surface area contributed by atoms with Gasteiger partial charge in [-0.2, -0.15) is 8.42 Å². The van der Waals surface area contributed by atoms with Gasteiger partial charge in [-0.15, -0.1) is 0 Å². The highest BCUT2D eigenvalue weighted by molar-refractivity contribution is 7.86. The molecule has 1 rings (SSSR count).